The zero-order valence-electron chi connectivity index (χ0n) is 17.0. The lowest BCUT2D eigenvalue weighted by Gasteiger charge is -2.36. The average molecular weight is 402 g/mol. The van der Waals surface area contributed by atoms with Gasteiger partial charge in [-0.3, -0.25) is 0 Å². The second kappa shape index (κ2) is 9.36. The Hall–Kier alpha value is -3.16. The first-order valence-electron chi connectivity index (χ1n) is 9.40. The van der Waals surface area contributed by atoms with Gasteiger partial charge in [-0.15, -0.1) is 0 Å². The maximum atomic E-state index is 13.1. The minimum Gasteiger partial charge on any atom is -0.496 e. The lowest BCUT2D eigenvalue weighted by atomic mass is 10.1. The number of piperazine rings is 1. The second-order valence-electron chi connectivity index (χ2n) is 6.64. The number of aliphatic imine (C=N–C) groups is 1. The molecule has 3 rings (SSSR count). The van der Waals surface area contributed by atoms with E-state index in [2.05, 4.69) is 9.89 Å². The molecule has 0 aromatic heterocycles. The van der Waals surface area contributed by atoms with Gasteiger partial charge < -0.3 is 29.7 Å². The highest BCUT2D eigenvalue weighted by molar-refractivity contribution is 5.78. The number of benzene rings is 2. The van der Waals surface area contributed by atoms with Crippen molar-refractivity contribution in [1.82, 2.24) is 4.90 Å². The summed E-state index contributed by atoms with van der Waals surface area (Å²) in [6.45, 7) is 3.39. The largest absolute Gasteiger partial charge is 0.496 e. The van der Waals surface area contributed by atoms with Gasteiger partial charge >= 0.3 is 0 Å². The first kappa shape index (κ1) is 20.6. The topological polar surface area (TPSA) is 72.6 Å². The summed E-state index contributed by atoms with van der Waals surface area (Å²) in [5.41, 5.74) is 8.06. The summed E-state index contributed by atoms with van der Waals surface area (Å²) in [6.07, 6.45) is 0. The molecule has 2 N–H and O–H groups in total. The molecule has 0 bridgehead atoms. The van der Waals surface area contributed by atoms with Crippen LogP contribution in [0.5, 0.6) is 17.2 Å². The molecule has 0 radical (unpaired) electrons. The summed E-state index contributed by atoms with van der Waals surface area (Å²) in [6, 6.07) is 10.1. The molecule has 156 valence electrons. The molecule has 2 aromatic carbocycles. The van der Waals surface area contributed by atoms with Crippen LogP contribution in [-0.4, -0.2) is 58.4 Å². The van der Waals surface area contributed by atoms with Crippen LogP contribution in [0.25, 0.3) is 0 Å². The number of ether oxygens (including phenoxy) is 3. The van der Waals surface area contributed by atoms with E-state index >= 15 is 0 Å². The van der Waals surface area contributed by atoms with Crippen molar-refractivity contribution in [2.75, 3.05) is 52.4 Å². The van der Waals surface area contributed by atoms with Crippen molar-refractivity contribution in [2.45, 2.75) is 6.54 Å². The first-order valence-corrected chi connectivity index (χ1v) is 9.40. The number of guanidine groups is 1. The van der Waals surface area contributed by atoms with Crippen molar-refractivity contribution in [3.8, 4) is 17.2 Å². The van der Waals surface area contributed by atoms with Crippen LogP contribution in [0.1, 0.15) is 5.56 Å². The van der Waals surface area contributed by atoms with Gasteiger partial charge in [0.1, 0.15) is 23.1 Å². The van der Waals surface area contributed by atoms with Crippen LogP contribution in [0.15, 0.2) is 41.4 Å². The van der Waals surface area contributed by atoms with Gasteiger partial charge in [-0.2, -0.15) is 0 Å². The monoisotopic (exact) mass is 402 g/mol. The molecule has 0 spiro atoms. The number of hydrogen-bond acceptors (Lipinski definition) is 5. The molecule has 0 saturated carbocycles. The minimum absolute atomic E-state index is 0.229. The van der Waals surface area contributed by atoms with E-state index in [4.69, 9.17) is 19.9 Å². The normalized spacial score (nSPS) is 14.7. The van der Waals surface area contributed by atoms with Gasteiger partial charge in [0.15, 0.2) is 5.96 Å². The number of anilines is 1. The van der Waals surface area contributed by atoms with E-state index in [-0.39, 0.29) is 5.82 Å². The third-order valence-corrected chi connectivity index (χ3v) is 5.01. The molecule has 2 aromatic rings. The molecule has 0 atom stereocenters. The number of rotatable bonds is 6. The summed E-state index contributed by atoms with van der Waals surface area (Å²) >= 11 is 0. The Balaban J connectivity index is 1.66. The van der Waals surface area contributed by atoms with E-state index in [1.54, 1.807) is 45.6 Å². The van der Waals surface area contributed by atoms with Gasteiger partial charge in [0.25, 0.3) is 0 Å². The molecule has 1 saturated heterocycles. The number of methoxy groups -OCH3 is 3. The van der Waals surface area contributed by atoms with Crippen LogP contribution < -0.4 is 24.8 Å². The summed E-state index contributed by atoms with van der Waals surface area (Å²) in [5.74, 6) is 2.17. The maximum Gasteiger partial charge on any atom is 0.191 e. The zero-order chi connectivity index (χ0) is 20.8. The van der Waals surface area contributed by atoms with E-state index in [9.17, 15) is 4.39 Å². The number of hydrogen-bond donors (Lipinski definition) is 1. The molecule has 7 nitrogen and oxygen atoms in total. The zero-order valence-corrected chi connectivity index (χ0v) is 17.0. The van der Waals surface area contributed by atoms with Crippen LogP contribution >= 0.6 is 0 Å². The quantitative estimate of drug-likeness (QED) is 0.591. The predicted octanol–water partition coefficient (Wildman–Crippen LogP) is 2.49. The minimum atomic E-state index is -0.229. The van der Waals surface area contributed by atoms with Gasteiger partial charge in [-0.25, -0.2) is 9.38 Å². The molecule has 0 unspecified atom stereocenters. The highest BCUT2D eigenvalue weighted by Gasteiger charge is 2.19. The van der Waals surface area contributed by atoms with Crippen molar-refractivity contribution < 1.29 is 18.6 Å². The molecule has 0 aliphatic carbocycles. The van der Waals surface area contributed by atoms with Crippen LogP contribution in [0.2, 0.25) is 0 Å². The lowest BCUT2D eigenvalue weighted by molar-refractivity contribution is 0.367. The Morgan fingerprint density at radius 2 is 1.55 bits per heavy atom. The smallest absolute Gasteiger partial charge is 0.191 e. The Morgan fingerprint density at radius 1 is 0.966 bits per heavy atom. The van der Waals surface area contributed by atoms with Crippen molar-refractivity contribution in [3.05, 3.63) is 47.8 Å². The molecule has 0 amide bonds. The fourth-order valence-electron chi connectivity index (χ4n) is 3.34. The maximum absolute atomic E-state index is 13.1. The highest BCUT2D eigenvalue weighted by Crippen LogP contribution is 2.34. The number of halogens is 1. The van der Waals surface area contributed by atoms with E-state index in [1.807, 2.05) is 4.90 Å². The van der Waals surface area contributed by atoms with Gasteiger partial charge in [0.05, 0.1) is 33.4 Å². The number of nitrogens with zero attached hydrogens (tertiary/aromatic N) is 3. The van der Waals surface area contributed by atoms with Gasteiger partial charge in [0, 0.05) is 44.0 Å². The molecule has 1 heterocycles. The highest BCUT2D eigenvalue weighted by atomic mass is 19.1. The molecule has 29 heavy (non-hydrogen) atoms. The summed E-state index contributed by atoms with van der Waals surface area (Å²) in [4.78, 5) is 8.80. The molecule has 8 heteroatoms. The fraction of sp³-hybridized carbons (Fsp3) is 0.381. The molecule has 1 aliphatic rings. The Labute approximate surface area is 170 Å². The van der Waals surface area contributed by atoms with E-state index in [1.165, 1.54) is 12.1 Å². The Kier molecular flexibility index (Phi) is 6.64. The van der Waals surface area contributed by atoms with Crippen molar-refractivity contribution >= 4 is 11.6 Å². The van der Waals surface area contributed by atoms with Crippen LogP contribution in [0, 0.1) is 5.82 Å². The average Bonchev–Trinajstić information content (AvgIpc) is 2.77. The molecule has 1 fully saturated rings. The summed E-state index contributed by atoms with van der Waals surface area (Å²) in [7, 11) is 4.79. The number of nitrogens with two attached hydrogens (primary N) is 1. The summed E-state index contributed by atoms with van der Waals surface area (Å²) < 4.78 is 29.3. The van der Waals surface area contributed by atoms with Gasteiger partial charge in [-0.05, 0) is 24.3 Å². The lowest BCUT2D eigenvalue weighted by Crippen LogP contribution is -2.51. The van der Waals surface area contributed by atoms with Crippen molar-refractivity contribution in [2.24, 2.45) is 10.7 Å². The van der Waals surface area contributed by atoms with E-state index in [0.717, 1.165) is 37.4 Å². The Bertz CT molecular complexity index is 824. The summed E-state index contributed by atoms with van der Waals surface area (Å²) in [5, 5.41) is 0. The molecule has 1 aliphatic heterocycles. The first-order chi connectivity index (χ1) is 14.0. The molecular formula is C21H27FN4O3. The van der Waals surface area contributed by atoms with Crippen molar-refractivity contribution in [3.63, 3.8) is 0 Å². The fourth-order valence-corrected chi connectivity index (χ4v) is 3.34. The predicted molar refractivity (Wildman–Crippen MR) is 112 cm³/mol. The Morgan fingerprint density at radius 3 is 2.07 bits per heavy atom. The van der Waals surface area contributed by atoms with Crippen LogP contribution in [-0.2, 0) is 6.54 Å². The standard InChI is InChI=1S/C21H27FN4O3/c1-27-17-12-19(28-2)18(20(13-17)29-3)14-24-21(23)26-10-8-25(9-11-26)16-6-4-15(22)5-7-16/h4-7,12-13H,8-11,14H2,1-3H3,(H2,23,24). The van der Waals surface area contributed by atoms with Crippen LogP contribution in [0.3, 0.4) is 0 Å². The second-order valence-corrected chi connectivity index (χ2v) is 6.64. The third-order valence-electron chi connectivity index (χ3n) is 5.01. The molecular weight excluding hydrogens is 375 g/mol. The SMILES string of the molecule is COc1cc(OC)c(CN=C(N)N2CCN(c3ccc(F)cc3)CC2)c(OC)c1. The van der Waals surface area contributed by atoms with Crippen molar-refractivity contribution in [1.29, 1.82) is 0 Å². The van der Waals surface area contributed by atoms with Gasteiger partial charge in [-0.1, -0.05) is 0 Å². The third kappa shape index (κ3) is 4.82. The van der Waals surface area contributed by atoms with Crippen LogP contribution in [0.4, 0.5) is 10.1 Å². The van der Waals surface area contributed by atoms with E-state index in [0.29, 0.717) is 29.8 Å². The van der Waals surface area contributed by atoms with Gasteiger partial charge in [0.2, 0.25) is 0 Å². The van der Waals surface area contributed by atoms with E-state index < -0.39 is 0 Å².